The van der Waals surface area contributed by atoms with E-state index in [0.29, 0.717) is 0 Å². The molecule has 0 spiro atoms. The summed E-state index contributed by atoms with van der Waals surface area (Å²) in [5.41, 5.74) is 6.14. The molecular weight excluding hydrogens is 598 g/mol. The lowest BCUT2D eigenvalue weighted by atomic mass is 9.96. The molecule has 0 saturated carbocycles. The summed E-state index contributed by atoms with van der Waals surface area (Å²) in [6.45, 7) is 4.65. The number of rotatable bonds is 5. The molecule has 2 unspecified atom stereocenters. The summed E-state index contributed by atoms with van der Waals surface area (Å²) in [6, 6.07) is 4.76. The van der Waals surface area contributed by atoms with E-state index in [4.69, 9.17) is 31.5 Å². The summed E-state index contributed by atoms with van der Waals surface area (Å²) in [5.74, 6) is -0.938. The molecule has 2 aromatic heterocycles. The van der Waals surface area contributed by atoms with Gasteiger partial charge in [0.2, 0.25) is 5.88 Å². The molecular formula is C30H29ClF2N6O3S. The molecule has 4 aromatic rings. The number of nitrogen functional groups attached to an aromatic ring is 1. The fourth-order valence-corrected chi connectivity index (χ4v) is 7.87. The second-order valence-corrected chi connectivity index (χ2v) is 12.8. The third-order valence-electron chi connectivity index (χ3n) is 8.82. The molecule has 7 rings (SSSR count). The minimum Gasteiger partial charge on any atom is -0.487 e. The molecule has 0 amide bonds. The van der Waals surface area contributed by atoms with Gasteiger partial charge in [0.1, 0.15) is 46.6 Å². The highest BCUT2D eigenvalue weighted by Gasteiger charge is 2.36. The van der Waals surface area contributed by atoms with E-state index in [-0.39, 0.29) is 96.1 Å². The third kappa shape index (κ3) is 4.61. The zero-order valence-electron chi connectivity index (χ0n) is 23.5. The highest BCUT2D eigenvalue weighted by atomic mass is 35.5. The number of nitrogens with zero attached hydrogens (tertiary/aromatic N) is 4. The number of halogens is 3. The predicted octanol–water partition coefficient (Wildman–Crippen LogP) is 5.51. The van der Waals surface area contributed by atoms with Crippen molar-refractivity contribution in [3.05, 3.63) is 34.4 Å². The lowest BCUT2D eigenvalue weighted by molar-refractivity contribution is 0.0856. The molecule has 5 heterocycles. The van der Waals surface area contributed by atoms with Gasteiger partial charge in [-0.15, -0.1) is 11.3 Å². The number of hydrogen-bond acceptors (Lipinski definition) is 10. The summed E-state index contributed by atoms with van der Waals surface area (Å²) >= 11 is 7.88. The van der Waals surface area contributed by atoms with E-state index in [2.05, 4.69) is 20.2 Å². The zero-order valence-corrected chi connectivity index (χ0v) is 25.1. The van der Waals surface area contributed by atoms with Gasteiger partial charge in [-0.3, -0.25) is 4.90 Å². The van der Waals surface area contributed by atoms with Crippen molar-refractivity contribution in [2.24, 2.45) is 5.92 Å². The first-order valence-corrected chi connectivity index (χ1v) is 15.5. The van der Waals surface area contributed by atoms with Crippen LogP contribution in [0, 0.1) is 28.9 Å². The molecule has 2 saturated heterocycles. The Hall–Kier alpha value is -3.50. The van der Waals surface area contributed by atoms with Crippen LogP contribution >= 0.6 is 22.9 Å². The number of hydrogen-bond donors (Lipinski definition) is 2. The number of likely N-dealkylation sites (N-methyl/N-ethyl adjacent to an activating group) is 1. The van der Waals surface area contributed by atoms with Crippen LogP contribution in [0.3, 0.4) is 0 Å². The third-order valence-corrected chi connectivity index (χ3v) is 10.2. The Balaban J connectivity index is 1.45. The van der Waals surface area contributed by atoms with Crippen LogP contribution in [0.25, 0.3) is 32.1 Å². The van der Waals surface area contributed by atoms with Crippen molar-refractivity contribution in [1.82, 2.24) is 20.2 Å². The Morgan fingerprint density at radius 1 is 1.28 bits per heavy atom. The highest BCUT2D eigenvalue weighted by Crippen LogP contribution is 2.51. The van der Waals surface area contributed by atoms with Crippen molar-refractivity contribution < 1.29 is 23.0 Å². The number of aromatic nitrogens is 2. The lowest BCUT2D eigenvalue weighted by Gasteiger charge is -2.26. The van der Waals surface area contributed by atoms with Gasteiger partial charge < -0.3 is 25.3 Å². The summed E-state index contributed by atoms with van der Waals surface area (Å²) < 4.78 is 50.8. The first kappa shape index (κ1) is 28.3. The van der Waals surface area contributed by atoms with E-state index in [1.807, 2.05) is 20.0 Å². The molecule has 3 N–H and O–H groups in total. The van der Waals surface area contributed by atoms with Crippen molar-refractivity contribution in [2.75, 3.05) is 39.0 Å². The number of thiophene rings is 1. The van der Waals surface area contributed by atoms with Gasteiger partial charge in [-0.2, -0.15) is 15.2 Å². The minimum absolute atomic E-state index is 0.0274. The maximum absolute atomic E-state index is 16.9. The molecule has 3 aliphatic rings. The minimum atomic E-state index is -0.794. The smallest absolute Gasteiger partial charge is 0.320 e. The average molecular weight is 627 g/mol. The fraction of sp³-hybridized carbons (Fsp3) is 0.433. The van der Waals surface area contributed by atoms with Crippen molar-refractivity contribution in [1.29, 1.82) is 5.26 Å². The maximum atomic E-state index is 16.9. The number of nitriles is 1. The molecule has 3 aliphatic heterocycles. The Labute approximate surface area is 255 Å². The molecule has 43 heavy (non-hydrogen) atoms. The molecule has 224 valence electrons. The van der Waals surface area contributed by atoms with Crippen LogP contribution in [0.5, 0.6) is 17.6 Å². The highest BCUT2D eigenvalue weighted by molar-refractivity contribution is 7.23. The van der Waals surface area contributed by atoms with Crippen LogP contribution in [-0.4, -0.2) is 66.4 Å². The van der Waals surface area contributed by atoms with Crippen LogP contribution in [0.4, 0.5) is 13.8 Å². The Bertz CT molecular complexity index is 1810. The number of benzene rings is 2. The number of likely N-dealkylation sites (tertiary alicyclic amines) is 1. The maximum Gasteiger partial charge on any atom is 0.320 e. The summed E-state index contributed by atoms with van der Waals surface area (Å²) in [6.07, 6.45) is 2.24. The van der Waals surface area contributed by atoms with Crippen molar-refractivity contribution in [2.45, 2.75) is 44.4 Å². The second-order valence-electron chi connectivity index (χ2n) is 11.4. The molecule has 4 atom stereocenters. The van der Waals surface area contributed by atoms with Gasteiger partial charge in [0.15, 0.2) is 11.6 Å². The first-order valence-electron chi connectivity index (χ1n) is 14.3. The van der Waals surface area contributed by atoms with Crippen LogP contribution in [0.15, 0.2) is 12.1 Å². The lowest BCUT2D eigenvalue weighted by Crippen LogP contribution is -2.38. The number of ether oxygens (including phenoxy) is 3. The number of nitrogens with one attached hydrogen (secondary N) is 1. The number of anilines is 1. The summed E-state index contributed by atoms with van der Waals surface area (Å²) in [7, 11) is 2.05. The van der Waals surface area contributed by atoms with E-state index >= 15 is 4.39 Å². The fourth-order valence-electron chi connectivity index (χ4n) is 6.58. The molecule has 0 bridgehead atoms. The summed E-state index contributed by atoms with van der Waals surface area (Å²) in [5, 5.41) is 13.7. The Morgan fingerprint density at radius 2 is 2.12 bits per heavy atom. The van der Waals surface area contributed by atoms with Gasteiger partial charge in [0.05, 0.1) is 15.3 Å². The normalized spacial score (nSPS) is 22.7. The van der Waals surface area contributed by atoms with Gasteiger partial charge in [-0.1, -0.05) is 17.7 Å². The van der Waals surface area contributed by atoms with Gasteiger partial charge in [-0.25, -0.2) is 8.78 Å². The Kier molecular flexibility index (Phi) is 7.16. The molecule has 0 radical (unpaired) electrons. The van der Waals surface area contributed by atoms with E-state index in [9.17, 15) is 9.65 Å². The van der Waals surface area contributed by atoms with Gasteiger partial charge in [0, 0.05) is 29.5 Å². The van der Waals surface area contributed by atoms with E-state index in [1.165, 1.54) is 12.1 Å². The molecule has 9 nitrogen and oxygen atoms in total. The second kappa shape index (κ2) is 10.9. The molecule has 2 fully saturated rings. The quantitative estimate of drug-likeness (QED) is 0.296. The number of nitrogens with two attached hydrogens (primary N) is 1. The topological polar surface area (TPSA) is 119 Å². The van der Waals surface area contributed by atoms with Crippen LogP contribution in [0.1, 0.15) is 31.7 Å². The van der Waals surface area contributed by atoms with Crippen molar-refractivity contribution >= 4 is 48.9 Å². The Morgan fingerprint density at radius 3 is 2.84 bits per heavy atom. The van der Waals surface area contributed by atoms with Gasteiger partial charge in [0.25, 0.3) is 0 Å². The average Bonchev–Trinajstić information content (AvgIpc) is 3.71. The van der Waals surface area contributed by atoms with E-state index < -0.39 is 11.6 Å². The predicted molar refractivity (Wildman–Crippen MR) is 161 cm³/mol. The monoisotopic (exact) mass is 626 g/mol. The number of fused-ring (bicyclic) bond motifs is 1. The first-order chi connectivity index (χ1) is 20.8. The molecule has 2 aromatic carbocycles. The van der Waals surface area contributed by atoms with Crippen LogP contribution in [-0.2, 0) is 0 Å². The van der Waals surface area contributed by atoms with Gasteiger partial charge in [-0.05, 0) is 58.0 Å². The molecule has 13 heteroatoms. The van der Waals surface area contributed by atoms with Gasteiger partial charge >= 0.3 is 6.01 Å². The standard InChI is InChI=1S/C30H29ClF2N6O3S/c1-13(18-4-3-9-39(18)2)41-30-37-25-22-26(40-12-19(42-29(22)38-30)14-7-8-36-11-14)23(31)21(24(25)33)15-5-6-17(32)27-20(15)16(10-34)28(35)43-27/h5-6,13-14,18-19,36H,3-4,7-9,11-12,35H2,1-2H3/t13-,14?,18-,19?/m0/s1. The van der Waals surface area contributed by atoms with E-state index in [1.54, 1.807) is 0 Å². The van der Waals surface area contributed by atoms with Crippen LogP contribution in [0.2, 0.25) is 5.02 Å². The van der Waals surface area contributed by atoms with Crippen LogP contribution < -0.4 is 25.3 Å². The molecule has 0 aliphatic carbocycles. The van der Waals surface area contributed by atoms with Crippen molar-refractivity contribution in [3.63, 3.8) is 0 Å². The van der Waals surface area contributed by atoms with E-state index in [0.717, 1.165) is 50.2 Å². The largest absolute Gasteiger partial charge is 0.487 e. The summed E-state index contributed by atoms with van der Waals surface area (Å²) in [4.78, 5) is 11.4. The SMILES string of the molecule is C[C@H](Oc1nc2c3c(c(Cl)c(-c4ccc(F)c5sc(N)c(C#N)c45)c(F)c3n1)OCC(C1CCNC1)O2)[C@@H]1CCCN1C. The zero-order chi connectivity index (χ0) is 30.0. The van der Waals surface area contributed by atoms with Crippen molar-refractivity contribution in [3.8, 4) is 34.8 Å².